The van der Waals surface area contributed by atoms with Crippen molar-refractivity contribution in [2.75, 3.05) is 0 Å². The zero-order valence-corrected chi connectivity index (χ0v) is 8.31. The van der Waals surface area contributed by atoms with Gasteiger partial charge in [0.25, 0.3) is 0 Å². The Kier molecular flexibility index (Phi) is 2.63. The third kappa shape index (κ3) is 1.72. The van der Waals surface area contributed by atoms with Crippen LogP contribution in [0, 0.1) is 6.92 Å². The zero-order valence-electron chi connectivity index (χ0n) is 7.56. The molecule has 0 radical (unpaired) electrons. The molecule has 0 aliphatic carbocycles. The molecule has 1 aromatic rings. The molecular weight excluding hydrogens is 172 g/mol. The Hall–Kier alpha value is -0.690. The van der Waals surface area contributed by atoms with Crippen LogP contribution in [0.15, 0.2) is 12.1 Å². The van der Waals surface area contributed by atoms with Gasteiger partial charge in [-0.25, -0.2) is 0 Å². The molecule has 0 amide bonds. The minimum Gasteiger partial charge on any atom is -0.508 e. The van der Waals surface area contributed by atoms with Crippen molar-refractivity contribution in [1.29, 1.82) is 0 Å². The normalized spacial score (nSPS) is 10.8. The van der Waals surface area contributed by atoms with Crippen molar-refractivity contribution in [2.45, 2.75) is 26.7 Å². The van der Waals surface area contributed by atoms with E-state index in [2.05, 4.69) is 13.8 Å². The monoisotopic (exact) mass is 184 g/mol. The highest BCUT2D eigenvalue weighted by atomic mass is 35.5. The number of rotatable bonds is 1. The van der Waals surface area contributed by atoms with Crippen molar-refractivity contribution in [3.8, 4) is 5.75 Å². The highest BCUT2D eigenvalue weighted by Gasteiger charge is 2.09. The number of hydrogen-bond acceptors (Lipinski definition) is 1. The Labute approximate surface area is 78.0 Å². The molecule has 1 rings (SSSR count). The van der Waals surface area contributed by atoms with E-state index < -0.39 is 0 Å². The molecule has 0 aromatic heterocycles. The van der Waals surface area contributed by atoms with Gasteiger partial charge in [0, 0.05) is 5.02 Å². The van der Waals surface area contributed by atoms with Crippen LogP contribution in [0.2, 0.25) is 5.02 Å². The summed E-state index contributed by atoms with van der Waals surface area (Å²) in [5.74, 6) is 0.639. The van der Waals surface area contributed by atoms with Crippen LogP contribution < -0.4 is 0 Å². The molecule has 1 aromatic carbocycles. The number of aromatic hydroxyl groups is 1. The molecule has 0 saturated heterocycles. The van der Waals surface area contributed by atoms with Crippen molar-refractivity contribution in [1.82, 2.24) is 0 Å². The highest BCUT2D eigenvalue weighted by Crippen LogP contribution is 2.30. The van der Waals surface area contributed by atoms with Crippen molar-refractivity contribution in [3.63, 3.8) is 0 Å². The SMILES string of the molecule is Cc1cc(O)cc(Cl)c1C(C)C. The Balaban J connectivity index is 3.28. The summed E-state index contributed by atoms with van der Waals surface area (Å²) in [5, 5.41) is 9.87. The number of phenolic OH excluding ortho intramolecular Hbond substituents is 1. The van der Waals surface area contributed by atoms with Crippen molar-refractivity contribution < 1.29 is 5.11 Å². The van der Waals surface area contributed by atoms with Crippen LogP contribution >= 0.6 is 11.6 Å². The van der Waals surface area contributed by atoms with Gasteiger partial charge in [0.15, 0.2) is 0 Å². The van der Waals surface area contributed by atoms with E-state index in [1.165, 1.54) is 0 Å². The number of benzene rings is 1. The number of phenols is 1. The molecule has 0 saturated carbocycles. The first-order valence-electron chi connectivity index (χ1n) is 4.01. The predicted molar refractivity (Wildman–Crippen MR) is 51.9 cm³/mol. The maximum Gasteiger partial charge on any atom is 0.117 e. The lowest BCUT2D eigenvalue weighted by Crippen LogP contribution is -1.92. The molecule has 0 spiro atoms. The first-order chi connectivity index (χ1) is 5.52. The molecule has 66 valence electrons. The maximum absolute atomic E-state index is 9.22. The van der Waals surface area contributed by atoms with E-state index in [4.69, 9.17) is 11.6 Å². The summed E-state index contributed by atoms with van der Waals surface area (Å²) in [6.45, 7) is 6.14. The van der Waals surface area contributed by atoms with Gasteiger partial charge in [-0.3, -0.25) is 0 Å². The van der Waals surface area contributed by atoms with Crippen molar-refractivity contribution >= 4 is 11.6 Å². The molecule has 0 unspecified atom stereocenters. The van der Waals surface area contributed by atoms with Crippen LogP contribution in [0.1, 0.15) is 30.9 Å². The smallest absolute Gasteiger partial charge is 0.117 e. The van der Waals surface area contributed by atoms with Crippen LogP contribution in [0.25, 0.3) is 0 Å². The van der Waals surface area contributed by atoms with Gasteiger partial charge in [0.1, 0.15) is 5.75 Å². The third-order valence-corrected chi connectivity index (χ3v) is 2.21. The average Bonchev–Trinajstić information content (AvgIpc) is 1.82. The fourth-order valence-electron chi connectivity index (χ4n) is 1.47. The highest BCUT2D eigenvalue weighted by molar-refractivity contribution is 6.31. The molecular formula is C10H13ClO. The van der Waals surface area contributed by atoms with Crippen LogP contribution in [0.3, 0.4) is 0 Å². The summed E-state index contributed by atoms with van der Waals surface area (Å²) in [7, 11) is 0. The topological polar surface area (TPSA) is 20.2 Å². The molecule has 0 heterocycles. The van der Waals surface area contributed by atoms with Gasteiger partial charge < -0.3 is 5.11 Å². The molecule has 2 heteroatoms. The summed E-state index contributed by atoms with van der Waals surface area (Å²) < 4.78 is 0. The van der Waals surface area contributed by atoms with Crippen LogP contribution in [0.4, 0.5) is 0 Å². The van der Waals surface area contributed by atoms with E-state index in [1.807, 2.05) is 6.92 Å². The largest absolute Gasteiger partial charge is 0.508 e. The van der Waals surface area contributed by atoms with Gasteiger partial charge in [-0.05, 0) is 36.1 Å². The minimum absolute atomic E-state index is 0.238. The number of hydrogen-bond donors (Lipinski definition) is 1. The van der Waals surface area contributed by atoms with Gasteiger partial charge in [0.2, 0.25) is 0 Å². The van der Waals surface area contributed by atoms with E-state index in [1.54, 1.807) is 12.1 Å². The fourth-order valence-corrected chi connectivity index (χ4v) is 1.95. The standard InChI is InChI=1S/C10H13ClO/c1-6(2)10-7(3)4-8(12)5-9(10)11/h4-6,12H,1-3H3. The molecule has 0 fully saturated rings. The Morgan fingerprint density at radius 2 is 1.92 bits per heavy atom. The van der Waals surface area contributed by atoms with E-state index in [0.717, 1.165) is 11.1 Å². The second kappa shape index (κ2) is 3.36. The zero-order chi connectivity index (χ0) is 9.30. The second-order valence-electron chi connectivity index (χ2n) is 3.31. The van der Waals surface area contributed by atoms with E-state index in [0.29, 0.717) is 10.9 Å². The predicted octanol–water partition coefficient (Wildman–Crippen LogP) is 3.48. The summed E-state index contributed by atoms with van der Waals surface area (Å²) in [4.78, 5) is 0. The molecule has 0 atom stereocenters. The second-order valence-corrected chi connectivity index (χ2v) is 3.72. The lowest BCUT2D eigenvalue weighted by Gasteiger charge is -2.11. The third-order valence-electron chi connectivity index (χ3n) is 1.90. The summed E-state index contributed by atoms with van der Waals surface area (Å²) in [6.07, 6.45) is 0. The summed E-state index contributed by atoms with van der Waals surface area (Å²) >= 11 is 5.97. The molecule has 1 N–H and O–H groups in total. The molecule has 0 aliphatic heterocycles. The average molecular weight is 185 g/mol. The first-order valence-corrected chi connectivity index (χ1v) is 4.39. The Morgan fingerprint density at radius 1 is 1.33 bits per heavy atom. The van der Waals surface area contributed by atoms with Gasteiger partial charge in [-0.2, -0.15) is 0 Å². The Morgan fingerprint density at radius 3 is 2.33 bits per heavy atom. The maximum atomic E-state index is 9.22. The van der Waals surface area contributed by atoms with E-state index in [-0.39, 0.29) is 5.75 Å². The van der Waals surface area contributed by atoms with E-state index >= 15 is 0 Å². The van der Waals surface area contributed by atoms with Gasteiger partial charge in [-0.15, -0.1) is 0 Å². The lowest BCUT2D eigenvalue weighted by molar-refractivity contribution is 0.474. The van der Waals surface area contributed by atoms with Gasteiger partial charge in [-0.1, -0.05) is 25.4 Å². The van der Waals surface area contributed by atoms with E-state index in [9.17, 15) is 5.11 Å². The molecule has 0 bridgehead atoms. The molecule has 0 aliphatic rings. The fraction of sp³-hybridized carbons (Fsp3) is 0.400. The quantitative estimate of drug-likeness (QED) is 0.709. The minimum atomic E-state index is 0.238. The van der Waals surface area contributed by atoms with Crippen molar-refractivity contribution in [2.24, 2.45) is 0 Å². The van der Waals surface area contributed by atoms with Crippen molar-refractivity contribution in [3.05, 3.63) is 28.3 Å². The van der Waals surface area contributed by atoms with Crippen LogP contribution in [-0.4, -0.2) is 5.11 Å². The van der Waals surface area contributed by atoms with Crippen LogP contribution in [-0.2, 0) is 0 Å². The molecule has 12 heavy (non-hydrogen) atoms. The summed E-state index contributed by atoms with van der Waals surface area (Å²) in [6, 6.07) is 3.32. The first kappa shape index (κ1) is 9.40. The van der Waals surface area contributed by atoms with Gasteiger partial charge >= 0.3 is 0 Å². The number of aryl methyl sites for hydroxylation is 1. The Bertz CT molecular complexity index is 269. The summed E-state index contributed by atoms with van der Waals surface area (Å²) in [5.41, 5.74) is 2.17. The van der Waals surface area contributed by atoms with Crippen LogP contribution in [0.5, 0.6) is 5.75 Å². The number of halogens is 1. The molecule has 1 nitrogen and oxygen atoms in total. The van der Waals surface area contributed by atoms with Gasteiger partial charge in [0.05, 0.1) is 0 Å². The lowest BCUT2D eigenvalue weighted by atomic mass is 9.98.